The molecule has 18 heavy (non-hydrogen) atoms. The maximum atomic E-state index is 5.39. The molecule has 0 saturated heterocycles. The minimum absolute atomic E-state index is 0.485. The molecule has 2 heteroatoms. The molecule has 1 aliphatic carbocycles. The fourth-order valence-corrected chi connectivity index (χ4v) is 3.26. The van der Waals surface area contributed by atoms with Crippen molar-refractivity contribution in [3.8, 4) is 0 Å². The lowest BCUT2D eigenvalue weighted by Gasteiger charge is -2.39. The van der Waals surface area contributed by atoms with Gasteiger partial charge in [-0.25, -0.2) is 0 Å². The van der Waals surface area contributed by atoms with Crippen LogP contribution in [0.4, 0.5) is 0 Å². The van der Waals surface area contributed by atoms with E-state index in [9.17, 15) is 0 Å². The van der Waals surface area contributed by atoms with E-state index in [-0.39, 0.29) is 0 Å². The zero-order chi connectivity index (χ0) is 13.6. The summed E-state index contributed by atoms with van der Waals surface area (Å²) in [5.74, 6) is 1.72. The Morgan fingerprint density at radius 2 is 1.78 bits per heavy atom. The summed E-state index contributed by atoms with van der Waals surface area (Å²) in [6.07, 6.45) is 6.72. The van der Waals surface area contributed by atoms with Crippen LogP contribution in [0.3, 0.4) is 0 Å². The van der Waals surface area contributed by atoms with Crippen LogP contribution < -0.4 is 5.32 Å². The van der Waals surface area contributed by atoms with Crippen molar-refractivity contribution >= 4 is 0 Å². The van der Waals surface area contributed by atoms with Crippen molar-refractivity contribution in [1.82, 2.24) is 5.32 Å². The second-order valence-corrected chi connectivity index (χ2v) is 6.99. The van der Waals surface area contributed by atoms with Crippen LogP contribution in [0.5, 0.6) is 0 Å². The fraction of sp³-hybridized carbons (Fsp3) is 1.00. The molecule has 0 aliphatic heterocycles. The summed E-state index contributed by atoms with van der Waals surface area (Å²) in [5.41, 5.74) is 0.485. The lowest BCUT2D eigenvalue weighted by atomic mass is 9.68. The Kier molecular flexibility index (Phi) is 6.65. The number of rotatable bonds is 6. The first-order chi connectivity index (χ1) is 8.49. The van der Waals surface area contributed by atoms with E-state index in [0.29, 0.717) is 11.5 Å². The van der Waals surface area contributed by atoms with Crippen LogP contribution in [0.25, 0.3) is 0 Å². The van der Waals surface area contributed by atoms with E-state index in [1.807, 2.05) is 7.11 Å². The van der Waals surface area contributed by atoms with Gasteiger partial charge in [0.1, 0.15) is 0 Å². The fourth-order valence-electron chi connectivity index (χ4n) is 3.26. The summed E-state index contributed by atoms with van der Waals surface area (Å²) in [6, 6.07) is 0.566. The summed E-state index contributed by atoms with van der Waals surface area (Å²) in [7, 11) is 1.82. The minimum Gasteiger partial charge on any atom is -0.383 e. The molecule has 1 N–H and O–H groups in total. The molecule has 0 heterocycles. The zero-order valence-corrected chi connectivity index (χ0v) is 13.1. The molecule has 1 unspecified atom stereocenters. The van der Waals surface area contributed by atoms with Gasteiger partial charge in [-0.1, -0.05) is 27.7 Å². The lowest BCUT2D eigenvalue weighted by Crippen LogP contribution is -2.42. The number of hydrogen-bond acceptors (Lipinski definition) is 2. The maximum absolute atomic E-state index is 5.39. The molecule has 0 aromatic carbocycles. The lowest BCUT2D eigenvalue weighted by molar-refractivity contribution is 0.0923. The first-order valence-corrected chi connectivity index (χ1v) is 7.71. The van der Waals surface area contributed by atoms with E-state index in [1.165, 1.54) is 32.1 Å². The number of methoxy groups -OCH3 is 1. The summed E-state index contributed by atoms with van der Waals surface area (Å²) >= 11 is 0. The van der Waals surface area contributed by atoms with Crippen LogP contribution in [0.2, 0.25) is 0 Å². The average molecular weight is 255 g/mol. The monoisotopic (exact) mass is 255 g/mol. The molecular weight excluding hydrogens is 222 g/mol. The van der Waals surface area contributed by atoms with Crippen molar-refractivity contribution in [2.75, 3.05) is 20.3 Å². The van der Waals surface area contributed by atoms with Crippen molar-refractivity contribution in [2.24, 2.45) is 17.3 Å². The smallest absolute Gasteiger partial charge is 0.0618 e. The standard InChI is InChI=1S/C16H33NO/c1-6-11-17-15(12-18-5)13-7-9-14(10-8-13)16(2,3)4/h13-15,17H,6-12H2,1-5H3. The molecule has 1 aliphatic rings. The van der Waals surface area contributed by atoms with Crippen LogP contribution >= 0.6 is 0 Å². The van der Waals surface area contributed by atoms with Gasteiger partial charge in [0.2, 0.25) is 0 Å². The first-order valence-electron chi connectivity index (χ1n) is 7.71. The minimum atomic E-state index is 0.485. The Morgan fingerprint density at radius 1 is 1.17 bits per heavy atom. The molecular formula is C16H33NO. The summed E-state index contributed by atoms with van der Waals surface area (Å²) in [4.78, 5) is 0. The van der Waals surface area contributed by atoms with E-state index >= 15 is 0 Å². The van der Waals surface area contributed by atoms with Crippen molar-refractivity contribution in [2.45, 2.75) is 65.8 Å². The van der Waals surface area contributed by atoms with Gasteiger partial charge in [-0.15, -0.1) is 0 Å². The van der Waals surface area contributed by atoms with E-state index < -0.39 is 0 Å². The molecule has 1 fully saturated rings. The molecule has 1 rings (SSSR count). The van der Waals surface area contributed by atoms with Crippen LogP contribution in [0.1, 0.15) is 59.8 Å². The van der Waals surface area contributed by atoms with Gasteiger partial charge in [0.25, 0.3) is 0 Å². The molecule has 0 amide bonds. The Hall–Kier alpha value is -0.0800. The third kappa shape index (κ3) is 4.89. The van der Waals surface area contributed by atoms with Crippen LogP contribution in [0.15, 0.2) is 0 Å². The van der Waals surface area contributed by atoms with Crippen molar-refractivity contribution in [1.29, 1.82) is 0 Å². The van der Waals surface area contributed by atoms with Crippen LogP contribution in [-0.4, -0.2) is 26.3 Å². The second-order valence-electron chi connectivity index (χ2n) is 6.99. The highest BCUT2D eigenvalue weighted by molar-refractivity contribution is 4.85. The largest absolute Gasteiger partial charge is 0.383 e. The van der Waals surface area contributed by atoms with Crippen LogP contribution in [0, 0.1) is 17.3 Å². The van der Waals surface area contributed by atoms with E-state index in [0.717, 1.165) is 25.0 Å². The first kappa shape index (κ1) is 16.0. The molecule has 0 radical (unpaired) electrons. The third-order valence-electron chi connectivity index (χ3n) is 4.57. The SMILES string of the molecule is CCCNC(COC)C1CCC(C(C)(C)C)CC1. The molecule has 1 atom stereocenters. The zero-order valence-electron chi connectivity index (χ0n) is 13.1. The summed E-state index contributed by atoms with van der Waals surface area (Å²) < 4.78 is 5.39. The molecule has 2 nitrogen and oxygen atoms in total. The van der Waals surface area contributed by atoms with E-state index in [1.54, 1.807) is 0 Å². The number of ether oxygens (including phenoxy) is 1. The van der Waals surface area contributed by atoms with Gasteiger partial charge in [0, 0.05) is 13.2 Å². The van der Waals surface area contributed by atoms with Gasteiger partial charge >= 0.3 is 0 Å². The maximum Gasteiger partial charge on any atom is 0.0618 e. The molecule has 108 valence electrons. The Balaban J connectivity index is 2.43. The highest BCUT2D eigenvalue weighted by atomic mass is 16.5. The number of hydrogen-bond donors (Lipinski definition) is 1. The predicted octanol–water partition coefficient (Wildman–Crippen LogP) is 3.85. The quantitative estimate of drug-likeness (QED) is 0.778. The molecule has 0 aromatic heterocycles. The molecule has 0 spiro atoms. The normalized spacial score (nSPS) is 27.2. The van der Waals surface area contributed by atoms with Crippen LogP contribution in [-0.2, 0) is 4.74 Å². The second kappa shape index (κ2) is 7.49. The molecule has 0 aromatic rings. The predicted molar refractivity (Wildman–Crippen MR) is 78.9 cm³/mol. The Morgan fingerprint density at radius 3 is 2.22 bits per heavy atom. The van der Waals surface area contributed by atoms with Gasteiger partial charge in [-0.2, -0.15) is 0 Å². The third-order valence-corrected chi connectivity index (χ3v) is 4.57. The van der Waals surface area contributed by atoms with Gasteiger partial charge in [0.15, 0.2) is 0 Å². The summed E-state index contributed by atoms with van der Waals surface area (Å²) in [5, 5.41) is 3.67. The number of nitrogens with one attached hydrogen (secondary N) is 1. The highest BCUT2D eigenvalue weighted by Gasteiger charge is 2.32. The van der Waals surface area contributed by atoms with Crippen molar-refractivity contribution < 1.29 is 4.74 Å². The van der Waals surface area contributed by atoms with Gasteiger partial charge < -0.3 is 10.1 Å². The van der Waals surface area contributed by atoms with E-state index in [4.69, 9.17) is 4.74 Å². The molecule has 0 bridgehead atoms. The Labute approximate surface area is 114 Å². The van der Waals surface area contributed by atoms with Crippen molar-refractivity contribution in [3.63, 3.8) is 0 Å². The summed E-state index contributed by atoms with van der Waals surface area (Å²) in [6.45, 7) is 11.4. The molecule has 1 saturated carbocycles. The van der Waals surface area contributed by atoms with Gasteiger partial charge in [-0.3, -0.25) is 0 Å². The average Bonchev–Trinajstić information content (AvgIpc) is 2.33. The topological polar surface area (TPSA) is 21.3 Å². The highest BCUT2D eigenvalue weighted by Crippen LogP contribution is 2.40. The van der Waals surface area contributed by atoms with E-state index in [2.05, 4.69) is 33.0 Å². The van der Waals surface area contributed by atoms with Crippen molar-refractivity contribution in [3.05, 3.63) is 0 Å². The van der Waals surface area contributed by atoms with Gasteiger partial charge in [-0.05, 0) is 55.9 Å². The Bertz CT molecular complexity index is 214. The van der Waals surface area contributed by atoms with Gasteiger partial charge in [0.05, 0.1) is 6.61 Å².